The number of carbonyl (C=O) groups is 1. The number of ether oxygens (including phenoxy) is 2. The van der Waals surface area contributed by atoms with Crippen LogP contribution >= 0.6 is 11.3 Å². The van der Waals surface area contributed by atoms with E-state index >= 15 is 0 Å². The third-order valence-corrected chi connectivity index (χ3v) is 1.86. The van der Waals surface area contributed by atoms with Gasteiger partial charge in [-0.2, -0.15) is 13.2 Å². The van der Waals surface area contributed by atoms with Crippen LogP contribution in [0.1, 0.15) is 0 Å². The van der Waals surface area contributed by atoms with E-state index in [0.717, 1.165) is 26.4 Å². The van der Waals surface area contributed by atoms with Gasteiger partial charge in [-0.3, -0.25) is 4.98 Å². The van der Waals surface area contributed by atoms with Gasteiger partial charge in [-0.15, -0.1) is 11.3 Å². The second-order valence-corrected chi connectivity index (χ2v) is 3.46. The molecule has 1 fully saturated rings. The Bertz CT molecular complexity index is 273. The lowest BCUT2D eigenvalue weighted by molar-refractivity contribution is -0.192. The summed E-state index contributed by atoms with van der Waals surface area (Å²) in [6.45, 7) is 3.11. The Hall–Kier alpha value is -1.19. The third-order valence-electron chi connectivity index (χ3n) is 1.33. The maximum atomic E-state index is 10.6. The van der Waals surface area contributed by atoms with Crippen LogP contribution in [-0.4, -0.2) is 48.7 Å². The van der Waals surface area contributed by atoms with Gasteiger partial charge in [0.15, 0.2) is 0 Å². The molecule has 0 unspecified atom stereocenters. The van der Waals surface area contributed by atoms with Gasteiger partial charge in [0.05, 0.1) is 31.9 Å². The zero-order chi connectivity index (χ0) is 13.9. The van der Waals surface area contributed by atoms with Crippen LogP contribution in [0.15, 0.2) is 17.1 Å². The lowest BCUT2D eigenvalue weighted by atomic mass is 10.6. The van der Waals surface area contributed by atoms with Crippen molar-refractivity contribution in [3.63, 3.8) is 0 Å². The number of hydrogen-bond donors (Lipinski definition) is 1. The summed E-state index contributed by atoms with van der Waals surface area (Å²) < 4.78 is 41.6. The van der Waals surface area contributed by atoms with E-state index < -0.39 is 12.1 Å². The van der Waals surface area contributed by atoms with Crippen LogP contribution in [0.2, 0.25) is 0 Å². The van der Waals surface area contributed by atoms with Crippen molar-refractivity contribution in [3.05, 3.63) is 17.1 Å². The molecule has 0 aromatic carbocycles. The number of aliphatic carboxylic acids is 1. The number of carboxylic acids is 1. The van der Waals surface area contributed by atoms with Crippen molar-refractivity contribution in [2.45, 2.75) is 6.18 Å². The Morgan fingerprint density at radius 1 is 1.22 bits per heavy atom. The molecule has 18 heavy (non-hydrogen) atoms. The highest BCUT2D eigenvalue weighted by Gasteiger charge is 2.38. The quantitative estimate of drug-likeness (QED) is 0.788. The van der Waals surface area contributed by atoms with Gasteiger partial charge in [0.1, 0.15) is 0 Å². The van der Waals surface area contributed by atoms with Crippen molar-refractivity contribution in [1.29, 1.82) is 0 Å². The predicted octanol–water partition coefficient (Wildman–Crippen LogP) is 1.81. The molecule has 0 atom stereocenters. The first-order valence-electron chi connectivity index (χ1n) is 4.72. The van der Waals surface area contributed by atoms with Gasteiger partial charge < -0.3 is 14.6 Å². The van der Waals surface area contributed by atoms with Crippen LogP contribution in [0, 0.1) is 0 Å². The molecule has 9 heteroatoms. The minimum absolute atomic E-state index is 0.778. The highest BCUT2D eigenvalue weighted by atomic mass is 32.1. The van der Waals surface area contributed by atoms with Crippen LogP contribution in [0.3, 0.4) is 0 Å². The number of nitrogens with zero attached hydrogens (tertiary/aromatic N) is 1. The number of thiazole rings is 1. The predicted molar refractivity (Wildman–Crippen MR) is 57.4 cm³/mol. The molecule has 0 bridgehead atoms. The average molecular weight is 287 g/mol. The summed E-state index contributed by atoms with van der Waals surface area (Å²) in [7, 11) is 0. The van der Waals surface area contributed by atoms with E-state index in [1.807, 2.05) is 5.38 Å². The van der Waals surface area contributed by atoms with Crippen molar-refractivity contribution >= 4 is 17.3 Å². The summed E-state index contributed by atoms with van der Waals surface area (Å²) in [6.07, 6.45) is -3.31. The van der Waals surface area contributed by atoms with Crippen LogP contribution in [0.4, 0.5) is 13.2 Å². The van der Waals surface area contributed by atoms with Crippen molar-refractivity contribution < 1.29 is 32.5 Å². The summed E-state index contributed by atoms with van der Waals surface area (Å²) in [6, 6.07) is 0. The molecular weight excluding hydrogens is 275 g/mol. The molecule has 0 radical (unpaired) electrons. The molecule has 104 valence electrons. The molecule has 0 aliphatic carbocycles. The molecule has 0 amide bonds. The fourth-order valence-corrected chi connectivity index (χ4v) is 0.967. The van der Waals surface area contributed by atoms with E-state index in [1.54, 1.807) is 23.0 Å². The van der Waals surface area contributed by atoms with E-state index in [9.17, 15) is 13.2 Å². The fraction of sp³-hybridized carbons (Fsp3) is 0.556. The smallest absolute Gasteiger partial charge is 0.475 e. The second kappa shape index (κ2) is 9.80. The number of rotatable bonds is 0. The maximum absolute atomic E-state index is 10.6. The van der Waals surface area contributed by atoms with Gasteiger partial charge in [0.2, 0.25) is 0 Å². The maximum Gasteiger partial charge on any atom is 0.490 e. The normalized spacial score (nSPS) is 14.6. The first-order valence-corrected chi connectivity index (χ1v) is 5.66. The van der Waals surface area contributed by atoms with Gasteiger partial charge >= 0.3 is 12.1 Å². The van der Waals surface area contributed by atoms with Gasteiger partial charge in [-0.25, -0.2) is 4.79 Å². The standard InChI is InChI=1S/C4H8O2.C3H3NS.C2HF3O2/c1-2-6-4-3-5-1;1-2-5-3-4-1;3-2(4,5)1(6)7/h1-4H2;1-3H;(H,6,7). The Labute approximate surface area is 105 Å². The van der Waals surface area contributed by atoms with Gasteiger partial charge in [-0.05, 0) is 0 Å². The van der Waals surface area contributed by atoms with Crippen molar-refractivity contribution in [2.75, 3.05) is 26.4 Å². The van der Waals surface area contributed by atoms with Crippen molar-refractivity contribution in [2.24, 2.45) is 0 Å². The second-order valence-electron chi connectivity index (χ2n) is 2.70. The molecule has 0 spiro atoms. The minimum Gasteiger partial charge on any atom is -0.475 e. The SMILES string of the molecule is C1COCCO1.O=C(O)C(F)(F)F.c1cscn1. The Kier molecular flexibility index (Phi) is 9.15. The van der Waals surface area contributed by atoms with E-state index in [2.05, 4.69) is 4.98 Å². The topological polar surface area (TPSA) is 68.7 Å². The Balaban J connectivity index is 0.000000243. The first kappa shape index (κ1) is 16.8. The van der Waals surface area contributed by atoms with Crippen molar-refractivity contribution in [1.82, 2.24) is 4.98 Å². The third kappa shape index (κ3) is 11.3. The number of halogens is 3. The molecule has 1 saturated heterocycles. The summed E-state index contributed by atoms with van der Waals surface area (Å²) >= 11 is 1.60. The zero-order valence-electron chi connectivity index (χ0n) is 9.22. The first-order chi connectivity index (χ1) is 8.44. The molecule has 2 rings (SSSR count). The van der Waals surface area contributed by atoms with E-state index in [4.69, 9.17) is 19.4 Å². The van der Waals surface area contributed by atoms with Gasteiger partial charge in [0.25, 0.3) is 0 Å². The largest absolute Gasteiger partial charge is 0.490 e. The monoisotopic (exact) mass is 287 g/mol. The highest BCUT2D eigenvalue weighted by Crippen LogP contribution is 2.13. The molecule has 0 saturated carbocycles. The van der Waals surface area contributed by atoms with Crippen LogP contribution in [0.25, 0.3) is 0 Å². The number of alkyl halides is 3. The average Bonchev–Trinajstić information content (AvgIpc) is 2.89. The summed E-state index contributed by atoms with van der Waals surface area (Å²) in [5.74, 6) is -2.76. The Morgan fingerprint density at radius 3 is 1.78 bits per heavy atom. The molecule has 2 heterocycles. The summed E-state index contributed by atoms with van der Waals surface area (Å²) in [4.78, 5) is 12.6. The molecular formula is C9H12F3NO4S. The molecule has 1 aliphatic rings. The molecule has 5 nitrogen and oxygen atoms in total. The number of aromatic nitrogens is 1. The van der Waals surface area contributed by atoms with Gasteiger partial charge in [0, 0.05) is 11.6 Å². The zero-order valence-corrected chi connectivity index (χ0v) is 10.0. The molecule has 1 aromatic rings. The van der Waals surface area contributed by atoms with Crippen LogP contribution < -0.4 is 0 Å². The molecule has 1 aliphatic heterocycles. The Morgan fingerprint density at radius 2 is 1.67 bits per heavy atom. The van der Waals surface area contributed by atoms with Crippen LogP contribution in [-0.2, 0) is 14.3 Å². The van der Waals surface area contributed by atoms with Crippen LogP contribution in [0.5, 0.6) is 0 Å². The summed E-state index contributed by atoms with van der Waals surface area (Å²) in [5, 5.41) is 9.06. The van der Waals surface area contributed by atoms with Crippen molar-refractivity contribution in [3.8, 4) is 0 Å². The minimum atomic E-state index is -5.08. The van der Waals surface area contributed by atoms with E-state index in [1.165, 1.54) is 0 Å². The lowest BCUT2D eigenvalue weighted by Crippen LogP contribution is -2.21. The van der Waals surface area contributed by atoms with Gasteiger partial charge in [-0.1, -0.05) is 0 Å². The van der Waals surface area contributed by atoms with E-state index in [-0.39, 0.29) is 0 Å². The lowest BCUT2D eigenvalue weighted by Gasteiger charge is -2.09. The highest BCUT2D eigenvalue weighted by molar-refractivity contribution is 7.07. The fourth-order valence-electron chi connectivity index (χ4n) is 0.616. The van der Waals surface area contributed by atoms with E-state index in [0.29, 0.717) is 0 Å². The molecule has 1 N–H and O–H groups in total. The number of hydrogen-bond acceptors (Lipinski definition) is 5. The molecule has 1 aromatic heterocycles. The number of carboxylic acid groups (broad SMARTS) is 1. The summed E-state index contributed by atoms with van der Waals surface area (Å²) in [5.41, 5.74) is 1.79.